The number of thioether (sulfide) groups is 1. The molecule has 0 aromatic carbocycles. The van der Waals surface area contributed by atoms with Crippen molar-refractivity contribution >= 4 is 29.5 Å². The summed E-state index contributed by atoms with van der Waals surface area (Å²) < 4.78 is 5.03. The summed E-state index contributed by atoms with van der Waals surface area (Å²) in [6.07, 6.45) is 12.2. The number of hydrogen-bond acceptors (Lipinski definition) is 7. The molecule has 1 rings (SSSR count). The lowest BCUT2D eigenvalue weighted by Gasteiger charge is -2.14. The zero-order chi connectivity index (χ0) is 29.9. The van der Waals surface area contributed by atoms with Gasteiger partial charge in [0.1, 0.15) is 0 Å². The van der Waals surface area contributed by atoms with Gasteiger partial charge in [-0.15, -0.1) is 5.10 Å². The average Bonchev–Trinajstić information content (AvgIpc) is 2.90. The Hall–Kier alpha value is -3.65. The third kappa shape index (κ3) is 15.1. The molecule has 0 saturated heterocycles. The van der Waals surface area contributed by atoms with Crippen LogP contribution in [0.3, 0.4) is 0 Å². The monoisotopic (exact) mass is 564 g/mol. The van der Waals surface area contributed by atoms with Gasteiger partial charge in [-0.1, -0.05) is 68.0 Å². The lowest BCUT2D eigenvalue weighted by atomic mass is 10.0. The zero-order valence-corrected chi connectivity index (χ0v) is 25.3. The minimum Gasteiger partial charge on any atom is -0.466 e. The van der Waals surface area contributed by atoms with Gasteiger partial charge in [-0.05, 0) is 81.6 Å². The van der Waals surface area contributed by atoms with Crippen LogP contribution in [0.25, 0.3) is 0 Å². The van der Waals surface area contributed by atoms with Crippen LogP contribution in [0, 0.1) is 0 Å². The Labute approximate surface area is 244 Å². The van der Waals surface area contributed by atoms with E-state index in [4.69, 9.17) is 4.74 Å². The van der Waals surface area contributed by atoms with Crippen LogP contribution in [-0.4, -0.2) is 28.7 Å². The molecule has 0 unspecified atom stereocenters. The molecule has 216 valence electrons. The molecule has 0 spiro atoms. The lowest BCUT2D eigenvalue weighted by molar-refractivity contribution is -0.142. The Bertz CT molecular complexity index is 1150. The van der Waals surface area contributed by atoms with Crippen molar-refractivity contribution in [3.8, 4) is 0 Å². The summed E-state index contributed by atoms with van der Waals surface area (Å²) in [6, 6.07) is 3.69. The minimum atomic E-state index is -0.272. The molecule has 0 fully saturated rings. The lowest BCUT2D eigenvalue weighted by Crippen LogP contribution is -2.13. The highest BCUT2D eigenvalue weighted by Gasteiger charge is 2.08. The van der Waals surface area contributed by atoms with E-state index in [0.29, 0.717) is 25.3 Å². The first-order valence-electron chi connectivity index (χ1n) is 13.5. The largest absolute Gasteiger partial charge is 0.466 e. The molecular weight excluding hydrogens is 520 g/mol. The van der Waals surface area contributed by atoms with Crippen LogP contribution in [-0.2, 0) is 20.7 Å². The number of allylic oxidation sites excluding steroid dienone is 6. The molecular formula is C32H44N4O3S. The number of carbonyl (C=O) groups excluding carboxylic acids is 2. The summed E-state index contributed by atoms with van der Waals surface area (Å²) in [5.41, 5.74) is 4.50. The summed E-state index contributed by atoms with van der Waals surface area (Å²) in [6.45, 7) is 24.1. The third-order valence-corrected chi connectivity index (χ3v) is 6.56. The molecule has 1 aromatic rings. The van der Waals surface area contributed by atoms with Crippen LogP contribution >= 0.6 is 11.8 Å². The molecule has 1 amide bonds. The molecule has 0 aliphatic rings. The molecule has 0 radical (unpaired) electrons. The number of nitrogens with zero attached hydrogens (tertiary/aromatic N) is 2. The van der Waals surface area contributed by atoms with Crippen molar-refractivity contribution in [1.29, 1.82) is 0 Å². The van der Waals surface area contributed by atoms with E-state index in [1.165, 1.54) is 11.8 Å². The van der Waals surface area contributed by atoms with Crippen molar-refractivity contribution in [3.63, 3.8) is 0 Å². The van der Waals surface area contributed by atoms with E-state index in [1.807, 2.05) is 45.1 Å². The van der Waals surface area contributed by atoms with E-state index in [-0.39, 0.29) is 18.3 Å². The van der Waals surface area contributed by atoms with Gasteiger partial charge >= 0.3 is 5.97 Å². The Balaban J connectivity index is 2.39. The van der Waals surface area contributed by atoms with Crippen molar-refractivity contribution in [2.24, 2.45) is 0 Å². The minimum absolute atomic E-state index is 0.0970. The molecule has 0 saturated carbocycles. The van der Waals surface area contributed by atoms with Gasteiger partial charge in [0, 0.05) is 18.5 Å². The maximum atomic E-state index is 12.0. The fourth-order valence-electron chi connectivity index (χ4n) is 3.50. The zero-order valence-electron chi connectivity index (χ0n) is 24.5. The van der Waals surface area contributed by atoms with Crippen molar-refractivity contribution in [2.75, 3.05) is 11.9 Å². The van der Waals surface area contributed by atoms with Crippen LogP contribution in [0.2, 0.25) is 0 Å². The number of aromatic nitrogens is 2. The predicted molar refractivity (Wildman–Crippen MR) is 168 cm³/mol. The van der Waals surface area contributed by atoms with Gasteiger partial charge in [-0.3, -0.25) is 9.59 Å². The van der Waals surface area contributed by atoms with Crippen molar-refractivity contribution in [2.45, 2.75) is 72.6 Å². The fraction of sp³-hybridized carbons (Fsp3) is 0.375. The summed E-state index contributed by atoms with van der Waals surface area (Å²) in [5, 5.41) is 15.1. The van der Waals surface area contributed by atoms with Gasteiger partial charge in [-0.25, -0.2) is 0 Å². The van der Waals surface area contributed by atoms with Crippen LogP contribution in [0.5, 0.6) is 0 Å². The third-order valence-electron chi connectivity index (χ3n) is 5.72. The number of hydrogen-bond donors (Lipinski definition) is 2. The Morgan fingerprint density at radius 1 is 1.02 bits per heavy atom. The maximum Gasteiger partial charge on any atom is 0.310 e. The number of esters is 1. The first-order valence-corrected chi connectivity index (χ1v) is 14.3. The number of ether oxygens (including phenoxy) is 1. The van der Waals surface area contributed by atoms with Gasteiger partial charge < -0.3 is 15.4 Å². The van der Waals surface area contributed by atoms with Gasteiger partial charge in [0.25, 0.3) is 0 Å². The van der Waals surface area contributed by atoms with Gasteiger partial charge in [0.15, 0.2) is 5.82 Å². The first-order chi connectivity index (χ1) is 19.1. The molecule has 1 aromatic heterocycles. The molecule has 0 aliphatic heterocycles. The smallest absolute Gasteiger partial charge is 0.310 e. The Morgan fingerprint density at radius 2 is 1.77 bits per heavy atom. The van der Waals surface area contributed by atoms with Gasteiger partial charge in [0.2, 0.25) is 5.91 Å². The van der Waals surface area contributed by atoms with E-state index in [0.717, 1.165) is 63.7 Å². The highest BCUT2D eigenvalue weighted by atomic mass is 32.2. The van der Waals surface area contributed by atoms with E-state index < -0.39 is 0 Å². The molecule has 2 N–H and O–H groups in total. The average molecular weight is 565 g/mol. The van der Waals surface area contributed by atoms with Gasteiger partial charge in [0.05, 0.1) is 23.8 Å². The summed E-state index contributed by atoms with van der Waals surface area (Å²) in [7, 11) is 0. The molecule has 0 atom stereocenters. The first kappa shape index (κ1) is 34.4. The fourth-order valence-corrected chi connectivity index (χ4v) is 4.29. The molecule has 0 aliphatic carbocycles. The van der Waals surface area contributed by atoms with Crippen molar-refractivity contribution < 1.29 is 14.3 Å². The molecule has 7 nitrogen and oxygen atoms in total. The second kappa shape index (κ2) is 19.4. The second-order valence-electron chi connectivity index (χ2n) is 9.22. The number of carbonyl (C=O) groups is 2. The Kier molecular flexibility index (Phi) is 16.7. The van der Waals surface area contributed by atoms with E-state index in [9.17, 15) is 9.59 Å². The number of unbranched alkanes of at least 4 members (excludes halogenated alkanes) is 1. The SMILES string of the molecule is C=C/C(=C\C(=C/C)CC(=C)NC(=C)SC(=C)CCCCc1ccc(NC(=O)C/C(C)=C/C)nn1)CC(=O)OCC. The Morgan fingerprint density at radius 3 is 2.38 bits per heavy atom. The van der Waals surface area contributed by atoms with E-state index in [1.54, 1.807) is 19.1 Å². The normalized spacial score (nSPS) is 11.9. The van der Waals surface area contributed by atoms with Crippen LogP contribution in [0.1, 0.15) is 71.9 Å². The van der Waals surface area contributed by atoms with E-state index >= 15 is 0 Å². The number of rotatable bonds is 19. The number of anilines is 1. The standard InChI is InChI=1S/C32H44N4O3S/c1-9-23(5)19-31(37)34-30-18-17-29(35-36-30)16-14-13-15-25(7)40-26(8)33-24(6)20-27(10-2)21-28(11-3)22-32(38)39-12-4/h9-11,17-18,21,33H,3,6-8,12-16,19-20,22H2,1-2,4-5H3,(H,34,36,37)/b23-9+,27-10-,28-21+. The van der Waals surface area contributed by atoms with Crippen LogP contribution in [0.4, 0.5) is 5.82 Å². The topological polar surface area (TPSA) is 93.2 Å². The predicted octanol–water partition coefficient (Wildman–Crippen LogP) is 7.71. The quantitative estimate of drug-likeness (QED) is 0.0769. The maximum absolute atomic E-state index is 12.0. The number of amides is 1. The number of nitrogens with one attached hydrogen (secondary N) is 2. The summed E-state index contributed by atoms with van der Waals surface area (Å²) in [5.74, 6) is 0.0946. The molecule has 0 bridgehead atoms. The summed E-state index contributed by atoms with van der Waals surface area (Å²) >= 11 is 1.51. The van der Waals surface area contributed by atoms with Crippen molar-refractivity contribution in [3.05, 3.63) is 101 Å². The van der Waals surface area contributed by atoms with Crippen LogP contribution < -0.4 is 10.6 Å². The van der Waals surface area contributed by atoms with Crippen molar-refractivity contribution in [1.82, 2.24) is 15.5 Å². The number of aryl methyl sites for hydroxylation is 1. The second-order valence-corrected chi connectivity index (χ2v) is 10.5. The highest BCUT2D eigenvalue weighted by Crippen LogP contribution is 2.27. The molecule has 8 heteroatoms. The molecule has 1 heterocycles. The summed E-state index contributed by atoms with van der Waals surface area (Å²) in [4.78, 5) is 24.8. The van der Waals surface area contributed by atoms with E-state index in [2.05, 4.69) is 47.1 Å². The van der Waals surface area contributed by atoms with Crippen LogP contribution in [0.15, 0.2) is 95.1 Å². The molecule has 40 heavy (non-hydrogen) atoms. The van der Waals surface area contributed by atoms with Gasteiger partial charge in [-0.2, -0.15) is 5.10 Å². The highest BCUT2D eigenvalue weighted by molar-refractivity contribution is 8.06.